The fraction of sp³-hybridized carbons (Fsp3) is 0.333. The third-order valence-corrected chi connectivity index (χ3v) is 5.39. The summed E-state index contributed by atoms with van der Waals surface area (Å²) in [5.41, 5.74) is 3.43. The minimum Gasteiger partial charge on any atom is -0.491 e. The number of benzene rings is 2. The molecule has 0 saturated carbocycles. The van der Waals surface area contributed by atoms with Crippen LogP contribution in [0.5, 0.6) is 5.75 Å². The molecule has 0 spiro atoms. The van der Waals surface area contributed by atoms with Crippen LogP contribution in [0.4, 0.5) is 0 Å². The Morgan fingerprint density at radius 1 is 1.19 bits per heavy atom. The number of nitrogens with one attached hydrogen (secondary N) is 1. The van der Waals surface area contributed by atoms with Crippen molar-refractivity contribution in [2.45, 2.75) is 46.3 Å². The molecule has 1 aliphatic heterocycles. The maximum Gasteiger partial charge on any atom is 0.222 e. The second kappa shape index (κ2) is 9.12. The van der Waals surface area contributed by atoms with Gasteiger partial charge in [-0.25, -0.2) is 0 Å². The summed E-state index contributed by atoms with van der Waals surface area (Å²) in [7, 11) is 0. The number of nitrogens with zero attached hydrogens (tertiary/aromatic N) is 4. The van der Waals surface area contributed by atoms with E-state index < -0.39 is 6.04 Å². The van der Waals surface area contributed by atoms with Crippen molar-refractivity contribution in [3.63, 3.8) is 0 Å². The fourth-order valence-electron chi connectivity index (χ4n) is 3.84. The van der Waals surface area contributed by atoms with Gasteiger partial charge in [0.2, 0.25) is 5.91 Å². The summed E-state index contributed by atoms with van der Waals surface area (Å²) in [6.45, 7) is 8.33. The molecule has 1 aromatic heterocycles. The van der Waals surface area contributed by atoms with Crippen LogP contribution >= 0.6 is 11.6 Å². The van der Waals surface area contributed by atoms with E-state index in [2.05, 4.69) is 15.5 Å². The molecule has 2 aromatic carbocycles. The van der Waals surface area contributed by atoms with Crippen LogP contribution in [-0.4, -0.2) is 39.0 Å². The third kappa shape index (κ3) is 4.39. The molecular weight excluding hydrogens is 426 g/mol. The van der Waals surface area contributed by atoms with Crippen molar-refractivity contribution in [2.24, 2.45) is 4.99 Å². The number of rotatable bonds is 6. The largest absolute Gasteiger partial charge is 0.491 e. The molecule has 32 heavy (non-hydrogen) atoms. The van der Waals surface area contributed by atoms with Gasteiger partial charge in [0.15, 0.2) is 5.82 Å². The Hall–Kier alpha value is -3.19. The number of halogens is 1. The van der Waals surface area contributed by atoms with E-state index in [1.165, 1.54) is 0 Å². The highest BCUT2D eigenvalue weighted by Gasteiger charge is 2.30. The first-order valence-electron chi connectivity index (χ1n) is 10.7. The summed E-state index contributed by atoms with van der Waals surface area (Å²) in [6, 6.07) is 13.0. The lowest BCUT2D eigenvalue weighted by Crippen LogP contribution is -2.25. The van der Waals surface area contributed by atoms with Gasteiger partial charge in [0.25, 0.3) is 0 Å². The van der Waals surface area contributed by atoms with Crippen molar-refractivity contribution >= 4 is 23.2 Å². The van der Waals surface area contributed by atoms with Crippen LogP contribution in [0.2, 0.25) is 5.02 Å². The maximum atomic E-state index is 12.5. The van der Waals surface area contributed by atoms with Gasteiger partial charge in [-0.3, -0.25) is 14.4 Å². The first kappa shape index (κ1) is 22.0. The van der Waals surface area contributed by atoms with E-state index >= 15 is 0 Å². The summed E-state index contributed by atoms with van der Waals surface area (Å²) in [6.07, 6.45) is 0.208. The Bertz CT molecular complexity index is 1170. The zero-order valence-electron chi connectivity index (χ0n) is 18.6. The van der Waals surface area contributed by atoms with E-state index in [4.69, 9.17) is 21.3 Å². The van der Waals surface area contributed by atoms with E-state index in [9.17, 15) is 4.79 Å². The topological polar surface area (TPSA) is 81.4 Å². The van der Waals surface area contributed by atoms with Crippen LogP contribution in [0.15, 0.2) is 47.5 Å². The smallest absolute Gasteiger partial charge is 0.222 e. The van der Waals surface area contributed by atoms with Crippen LogP contribution in [0.25, 0.3) is 5.69 Å². The van der Waals surface area contributed by atoms with Gasteiger partial charge >= 0.3 is 0 Å². The standard InChI is InChI=1S/C24H26ClN5O2/c1-5-26-22(31)13-20-24-29-28-15(4)30(24)21-11-10-18(32-14(2)3)12-19(21)23(27-20)16-6-8-17(25)9-7-16/h6-12,14,20H,5,13H2,1-4H3,(H,26,31)/t20-/m0/s1. The SMILES string of the molecule is CCNC(=O)C[C@@H]1N=C(c2ccc(Cl)cc2)c2cc(OC(C)C)ccc2-n2c(C)nnc21. The lowest BCUT2D eigenvalue weighted by molar-refractivity contribution is -0.121. The number of carbonyl (C=O) groups is 1. The zero-order chi connectivity index (χ0) is 22.8. The predicted octanol–water partition coefficient (Wildman–Crippen LogP) is 4.43. The van der Waals surface area contributed by atoms with Gasteiger partial charge in [-0.05, 0) is 58.0 Å². The number of amides is 1. The van der Waals surface area contributed by atoms with E-state index in [1.54, 1.807) is 0 Å². The summed E-state index contributed by atoms with van der Waals surface area (Å²) >= 11 is 6.14. The van der Waals surface area contributed by atoms with Crippen LogP contribution in [0, 0.1) is 6.92 Å². The molecule has 0 bridgehead atoms. The molecule has 0 radical (unpaired) electrons. The molecule has 8 heteroatoms. The van der Waals surface area contributed by atoms with Crippen molar-refractivity contribution in [1.29, 1.82) is 0 Å². The normalized spacial score (nSPS) is 14.9. The Balaban J connectivity index is 1.94. The third-order valence-electron chi connectivity index (χ3n) is 5.14. The molecular formula is C24H26ClN5O2. The van der Waals surface area contributed by atoms with E-state index in [1.807, 2.05) is 74.7 Å². The quantitative estimate of drug-likeness (QED) is 0.600. The van der Waals surface area contributed by atoms with Crippen molar-refractivity contribution < 1.29 is 9.53 Å². The Morgan fingerprint density at radius 3 is 2.62 bits per heavy atom. The second-order valence-corrected chi connectivity index (χ2v) is 8.38. The molecule has 3 aromatic rings. The van der Waals surface area contributed by atoms with E-state index in [0.717, 1.165) is 34.1 Å². The molecule has 1 aliphatic rings. The molecule has 1 amide bonds. The number of aryl methyl sites for hydroxylation is 1. The molecule has 166 valence electrons. The summed E-state index contributed by atoms with van der Waals surface area (Å²) in [4.78, 5) is 17.5. The van der Waals surface area contributed by atoms with Gasteiger partial charge in [0, 0.05) is 22.7 Å². The van der Waals surface area contributed by atoms with Crippen molar-refractivity contribution in [1.82, 2.24) is 20.1 Å². The fourth-order valence-corrected chi connectivity index (χ4v) is 3.97. The summed E-state index contributed by atoms with van der Waals surface area (Å²) in [5.74, 6) is 2.03. The van der Waals surface area contributed by atoms with Gasteiger partial charge in [0.1, 0.15) is 17.6 Å². The average Bonchev–Trinajstić information content (AvgIpc) is 3.06. The van der Waals surface area contributed by atoms with Crippen LogP contribution in [0.3, 0.4) is 0 Å². The van der Waals surface area contributed by atoms with Gasteiger partial charge in [-0.2, -0.15) is 0 Å². The number of hydrogen-bond acceptors (Lipinski definition) is 5. The molecule has 7 nitrogen and oxygen atoms in total. The molecule has 4 rings (SSSR count). The first-order chi connectivity index (χ1) is 15.4. The first-order valence-corrected chi connectivity index (χ1v) is 11.1. The Kier molecular flexibility index (Phi) is 6.28. The highest BCUT2D eigenvalue weighted by molar-refractivity contribution is 6.30. The van der Waals surface area contributed by atoms with Crippen molar-refractivity contribution in [2.75, 3.05) is 6.54 Å². The molecule has 2 heterocycles. The lowest BCUT2D eigenvalue weighted by Gasteiger charge is -2.16. The maximum absolute atomic E-state index is 12.5. The Labute approximate surface area is 192 Å². The number of fused-ring (bicyclic) bond motifs is 3. The average molecular weight is 452 g/mol. The predicted molar refractivity (Wildman–Crippen MR) is 125 cm³/mol. The molecule has 0 unspecified atom stereocenters. The number of hydrogen-bond donors (Lipinski definition) is 1. The van der Waals surface area contributed by atoms with E-state index in [-0.39, 0.29) is 18.4 Å². The number of carbonyl (C=O) groups excluding carboxylic acids is 1. The molecule has 0 fully saturated rings. The molecule has 0 saturated heterocycles. The number of aromatic nitrogens is 3. The van der Waals surface area contributed by atoms with Crippen LogP contribution < -0.4 is 10.1 Å². The van der Waals surface area contributed by atoms with E-state index in [0.29, 0.717) is 17.4 Å². The second-order valence-electron chi connectivity index (χ2n) is 7.94. The zero-order valence-corrected chi connectivity index (χ0v) is 19.3. The summed E-state index contributed by atoms with van der Waals surface area (Å²) in [5, 5.41) is 12.2. The van der Waals surface area contributed by atoms with Gasteiger partial charge in [-0.15, -0.1) is 10.2 Å². The van der Waals surface area contributed by atoms with Crippen LogP contribution in [-0.2, 0) is 4.79 Å². The van der Waals surface area contributed by atoms with Gasteiger partial charge in [0.05, 0.1) is 23.9 Å². The van der Waals surface area contributed by atoms with Gasteiger partial charge < -0.3 is 10.1 Å². The molecule has 1 N–H and O–H groups in total. The Morgan fingerprint density at radius 2 is 1.94 bits per heavy atom. The van der Waals surface area contributed by atoms with Crippen molar-refractivity contribution in [3.05, 3.63) is 70.3 Å². The molecule has 0 aliphatic carbocycles. The van der Waals surface area contributed by atoms with Crippen LogP contribution in [0.1, 0.15) is 56.0 Å². The highest BCUT2D eigenvalue weighted by atomic mass is 35.5. The molecule has 1 atom stereocenters. The summed E-state index contributed by atoms with van der Waals surface area (Å²) < 4.78 is 7.94. The number of ether oxygens (including phenoxy) is 1. The highest BCUT2D eigenvalue weighted by Crippen LogP contribution is 2.34. The van der Waals surface area contributed by atoms with Gasteiger partial charge in [-0.1, -0.05) is 23.7 Å². The monoisotopic (exact) mass is 451 g/mol. The minimum atomic E-state index is -0.490. The lowest BCUT2D eigenvalue weighted by atomic mass is 10.00. The van der Waals surface area contributed by atoms with Crippen molar-refractivity contribution in [3.8, 4) is 11.4 Å². The minimum absolute atomic E-state index is 0.0347. The number of aliphatic imine (C=N–C) groups is 1.